The van der Waals surface area contributed by atoms with Gasteiger partial charge in [-0.25, -0.2) is 4.98 Å². The molecule has 0 saturated heterocycles. The molecule has 92 valence electrons. The molecule has 1 saturated carbocycles. The molecule has 1 aliphatic carbocycles. The highest BCUT2D eigenvalue weighted by atomic mass is 35.5. The van der Waals surface area contributed by atoms with E-state index in [9.17, 15) is 0 Å². The third-order valence-corrected chi connectivity index (χ3v) is 4.08. The minimum atomic E-state index is 0. The van der Waals surface area contributed by atoms with Crippen molar-refractivity contribution in [1.82, 2.24) is 9.88 Å². The Hall–Kier alpha value is -0.320. The van der Waals surface area contributed by atoms with Gasteiger partial charge in [-0.15, -0.1) is 23.7 Å². The normalized spacial score (nSPS) is 24.7. The maximum Gasteiger partial charge on any atom is 0.180 e. The van der Waals surface area contributed by atoms with Gasteiger partial charge in [-0.1, -0.05) is 6.92 Å². The van der Waals surface area contributed by atoms with Crippen molar-refractivity contribution in [3.8, 4) is 0 Å². The van der Waals surface area contributed by atoms with Crippen LogP contribution in [0.4, 0.5) is 5.13 Å². The number of rotatable bonds is 3. The summed E-state index contributed by atoms with van der Waals surface area (Å²) in [6, 6.07) is 0.753. The third kappa shape index (κ3) is 3.34. The molecule has 0 radical (unpaired) electrons. The summed E-state index contributed by atoms with van der Waals surface area (Å²) in [6.45, 7) is 3.34. The van der Waals surface area contributed by atoms with Gasteiger partial charge in [0.15, 0.2) is 5.13 Å². The van der Waals surface area contributed by atoms with E-state index in [-0.39, 0.29) is 12.4 Å². The van der Waals surface area contributed by atoms with Gasteiger partial charge >= 0.3 is 0 Å². The number of nitrogens with zero attached hydrogens (tertiary/aromatic N) is 2. The number of nitrogen functional groups attached to an aromatic ring is 1. The molecule has 1 heterocycles. The first kappa shape index (κ1) is 13.7. The van der Waals surface area contributed by atoms with Crippen LogP contribution in [0.5, 0.6) is 0 Å². The zero-order chi connectivity index (χ0) is 10.8. The van der Waals surface area contributed by atoms with E-state index >= 15 is 0 Å². The largest absolute Gasteiger partial charge is 0.375 e. The van der Waals surface area contributed by atoms with E-state index in [0.29, 0.717) is 5.13 Å². The first-order chi connectivity index (χ1) is 7.15. The summed E-state index contributed by atoms with van der Waals surface area (Å²) in [5.41, 5.74) is 5.62. The van der Waals surface area contributed by atoms with Crippen LogP contribution in [-0.4, -0.2) is 23.0 Å². The average Bonchev–Trinajstić information content (AvgIpc) is 2.75. The smallest absolute Gasteiger partial charge is 0.180 e. The molecule has 3 nitrogen and oxygen atoms in total. The number of thiazole rings is 1. The second kappa shape index (κ2) is 5.84. The molecule has 0 spiro atoms. The number of hydrogen-bond donors (Lipinski definition) is 1. The summed E-state index contributed by atoms with van der Waals surface area (Å²) in [5, 5.41) is 0.679. The molecular weight excluding hydrogens is 242 g/mol. The Morgan fingerprint density at radius 2 is 2.31 bits per heavy atom. The number of nitrogens with two attached hydrogens (primary N) is 1. The standard InChI is InChI=1S/C11H19N3S.ClH/c1-8-3-4-9(5-8)14(2)7-10-6-13-11(12)15-10;/h6,8-9H,3-5,7H2,1-2H3,(H2,12,13);1H. The monoisotopic (exact) mass is 261 g/mol. The number of halogens is 1. The van der Waals surface area contributed by atoms with E-state index in [4.69, 9.17) is 5.73 Å². The highest BCUT2D eigenvalue weighted by Gasteiger charge is 2.24. The van der Waals surface area contributed by atoms with Gasteiger partial charge in [-0.05, 0) is 32.2 Å². The molecule has 0 aromatic carbocycles. The zero-order valence-electron chi connectivity index (χ0n) is 9.85. The Kier molecular flexibility index (Phi) is 5.02. The van der Waals surface area contributed by atoms with Gasteiger partial charge in [0.05, 0.1) is 0 Å². The lowest BCUT2D eigenvalue weighted by molar-refractivity contribution is 0.235. The Morgan fingerprint density at radius 3 is 2.81 bits per heavy atom. The molecule has 1 aliphatic rings. The molecule has 1 aromatic rings. The van der Waals surface area contributed by atoms with E-state index in [1.54, 1.807) is 11.3 Å². The predicted molar refractivity (Wildman–Crippen MR) is 72.0 cm³/mol. The molecule has 2 unspecified atom stereocenters. The van der Waals surface area contributed by atoms with Crippen LogP contribution in [0.15, 0.2) is 6.20 Å². The van der Waals surface area contributed by atoms with Crippen LogP contribution >= 0.6 is 23.7 Å². The molecule has 2 N–H and O–H groups in total. The van der Waals surface area contributed by atoms with Crippen LogP contribution in [0.3, 0.4) is 0 Å². The SMILES string of the molecule is CC1CCC(N(C)Cc2cnc(N)s2)C1.Cl. The van der Waals surface area contributed by atoms with Gasteiger partial charge in [-0.3, -0.25) is 4.90 Å². The Balaban J connectivity index is 0.00000128. The molecule has 1 aromatic heterocycles. The van der Waals surface area contributed by atoms with Crippen molar-refractivity contribution in [3.63, 3.8) is 0 Å². The highest BCUT2D eigenvalue weighted by molar-refractivity contribution is 7.15. The van der Waals surface area contributed by atoms with E-state index in [1.165, 1.54) is 24.1 Å². The van der Waals surface area contributed by atoms with Crippen LogP contribution in [0.1, 0.15) is 31.1 Å². The van der Waals surface area contributed by atoms with Gasteiger partial charge in [0.25, 0.3) is 0 Å². The molecule has 5 heteroatoms. The quantitative estimate of drug-likeness (QED) is 0.910. The third-order valence-electron chi connectivity index (χ3n) is 3.27. The fourth-order valence-corrected chi connectivity index (χ4v) is 3.10. The zero-order valence-corrected chi connectivity index (χ0v) is 11.5. The van der Waals surface area contributed by atoms with Crippen molar-refractivity contribution in [1.29, 1.82) is 0 Å². The minimum Gasteiger partial charge on any atom is -0.375 e. The molecule has 0 aliphatic heterocycles. The summed E-state index contributed by atoms with van der Waals surface area (Å²) in [7, 11) is 2.21. The topological polar surface area (TPSA) is 42.2 Å². The molecule has 2 atom stereocenters. The lowest BCUT2D eigenvalue weighted by Crippen LogP contribution is -2.28. The summed E-state index contributed by atoms with van der Waals surface area (Å²) >= 11 is 1.60. The van der Waals surface area contributed by atoms with E-state index in [1.807, 2.05) is 6.20 Å². The van der Waals surface area contributed by atoms with Crippen LogP contribution in [0, 0.1) is 5.92 Å². The number of hydrogen-bond acceptors (Lipinski definition) is 4. The second-order valence-corrected chi connectivity index (χ2v) is 5.80. The highest BCUT2D eigenvalue weighted by Crippen LogP contribution is 2.29. The van der Waals surface area contributed by atoms with Crippen LogP contribution in [0.25, 0.3) is 0 Å². The molecular formula is C11H20ClN3S. The van der Waals surface area contributed by atoms with Crippen molar-refractivity contribution < 1.29 is 0 Å². The first-order valence-corrected chi connectivity index (χ1v) is 6.37. The van der Waals surface area contributed by atoms with Crippen molar-refractivity contribution in [2.24, 2.45) is 5.92 Å². The summed E-state index contributed by atoms with van der Waals surface area (Å²) < 4.78 is 0. The average molecular weight is 262 g/mol. The van der Waals surface area contributed by atoms with Crippen molar-refractivity contribution in [2.75, 3.05) is 12.8 Å². The Labute approximate surface area is 107 Å². The molecule has 0 amide bonds. The summed E-state index contributed by atoms with van der Waals surface area (Å²) in [5.74, 6) is 0.893. The van der Waals surface area contributed by atoms with Crippen molar-refractivity contribution in [3.05, 3.63) is 11.1 Å². The van der Waals surface area contributed by atoms with Gasteiger partial charge in [0, 0.05) is 23.7 Å². The van der Waals surface area contributed by atoms with Crippen LogP contribution in [-0.2, 0) is 6.54 Å². The minimum absolute atomic E-state index is 0. The van der Waals surface area contributed by atoms with Crippen molar-refractivity contribution >= 4 is 28.9 Å². The molecule has 2 rings (SSSR count). The Morgan fingerprint density at radius 1 is 1.56 bits per heavy atom. The lowest BCUT2D eigenvalue weighted by atomic mass is 10.1. The van der Waals surface area contributed by atoms with Gasteiger partial charge in [-0.2, -0.15) is 0 Å². The number of anilines is 1. The van der Waals surface area contributed by atoms with E-state index < -0.39 is 0 Å². The van der Waals surface area contributed by atoms with Crippen LogP contribution < -0.4 is 5.73 Å². The lowest BCUT2D eigenvalue weighted by Gasteiger charge is -2.23. The fourth-order valence-electron chi connectivity index (χ4n) is 2.35. The summed E-state index contributed by atoms with van der Waals surface area (Å²) in [4.78, 5) is 7.79. The van der Waals surface area contributed by atoms with Gasteiger partial charge in [0.1, 0.15) is 0 Å². The predicted octanol–water partition coefficient (Wildman–Crippen LogP) is 2.77. The van der Waals surface area contributed by atoms with Gasteiger partial charge < -0.3 is 5.73 Å². The van der Waals surface area contributed by atoms with Crippen LogP contribution in [0.2, 0.25) is 0 Å². The van der Waals surface area contributed by atoms with E-state index in [2.05, 4.69) is 23.9 Å². The maximum absolute atomic E-state index is 5.62. The maximum atomic E-state index is 5.62. The molecule has 1 fully saturated rings. The number of aromatic nitrogens is 1. The van der Waals surface area contributed by atoms with E-state index in [0.717, 1.165) is 18.5 Å². The fraction of sp³-hybridized carbons (Fsp3) is 0.727. The molecule has 0 bridgehead atoms. The summed E-state index contributed by atoms with van der Waals surface area (Å²) in [6.07, 6.45) is 5.95. The van der Waals surface area contributed by atoms with Gasteiger partial charge in [0.2, 0.25) is 0 Å². The van der Waals surface area contributed by atoms with Crippen molar-refractivity contribution in [2.45, 2.75) is 38.8 Å². The second-order valence-electron chi connectivity index (χ2n) is 4.65. The molecule has 16 heavy (non-hydrogen) atoms. The first-order valence-electron chi connectivity index (χ1n) is 5.55. The Bertz CT molecular complexity index is 329.